The molecule has 1 aliphatic heterocycles. The zero-order valence-electron chi connectivity index (χ0n) is 13.9. The lowest BCUT2D eigenvalue weighted by molar-refractivity contribution is -0.165. The van der Waals surface area contributed by atoms with Crippen molar-refractivity contribution in [3.05, 3.63) is 48.0 Å². The van der Waals surface area contributed by atoms with Crippen molar-refractivity contribution in [2.75, 3.05) is 13.1 Å². The van der Waals surface area contributed by atoms with Gasteiger partial charge in [-0.25, -0.2) is 4.79 Å². The largest absolute Gasteiger partial charge is 0.479 e. The van der Waals surface area contributed by atoms with Gasteiger partial charge in [0.05, 0.1) is 0 Å². The Morgan fingerprint density at radius 3 is 2.44 bits per heavy atom. The number of amides is 1. The Labute approximate surface area is 145 Å². The van der Waals surface area contributed by atoms with Crippen molar-refractivity contribution >= 4 is 22.6 Å². The van der Waals surface area contributed by atoms with Crippen molar-refractivity contribution in [1.29, 1.82) is 0 Å². The van der Waals surface area contributed by atoms with Crippen LogP contribution in [-0.2, 0) is 9.59 Å². The minimum Gasteiger partial charge on any atom is -0.479 e. The maximum Gasteiger partial charge on any atom is 0.335 e. The average Bonchev–Trinajstić information content (AvgIpc) is 3.42. The minimum atomic E-state index is -1.69. The molecular formula is C20H21NO4. The zero-order chi connectivity index (χ0) is 17.6. The lowest BCUT2D eigenvalue weighted by atomic mass is 9.91. The highest BCUT2D eigenvalue weighted by atomic mass is 16.4. The highest BCUT2D eigenvalue weighted by Gasteiger charge is 2.48. The topological polar surface area (TPSA) is 77.8 Å². The number of rotatable bonds is 3. The standard InChI is InChI=1S/C20H21NO4/c22-18(21-10-8-20(25,9-11-21)19(23)24)17-12-16(17)15-7-3-5-13-4-1-2-6-14(13)15/h1-7,16-17,25H,8-12H2,(H,23,24). The molecule has 4 rings (SSSR count). The number of carboxylic acid groups (broad SMARTS) is 1. The van der Waals surface area contributed by atoms with Gasteiger partial charge in [0.15, 0.2) is 5.60 Å². The van der Waals surface area contributed by atoms with E-state index in [1.54, 1.807) is 4.90 Å². The van der Waals surface area contributed by atoms with Gasteiger partial charge in [0.25, 0.3) is 0 Å². The number of nitrogens with zero attached hydrogens (tertiary/aromatic N) is 1. The Morgan fingerprint density at radius 2 is 1.72 bits per heavy atom. The second-order valence-electron chi connectivity index (χ2n) is 7.18. The van der Waals surface area contributed by atoms with Crippen LogP contribution in [0.3, 0.4) is 0 Å². The van der Waals surface area contributed by atoms with Crippen LogP contribution in [0.5, 0.6) is 0 Å². The highest BCUT2D eigenvalue weighted by Crippen LogP contribution is 2.50. The molecule has 5 heteroatoms. The summed E-state index contributed by atoms with van der Waals surface area (Å²) < 4.78 is 0. The smallest absolute Gasteiger partial charge is 0.335 e. The zero-order valence-corrected chi connectivity index (χ0v) is 13.9. The summed E-state index contributed by atoms with van der Waals surface area (Å²) in [5.74, 6) is -0.897. The molecule has 2 N–H and O–H groups in total. The highest BCUT2D eigenvalue weighted by molar-refractivity contribution is 5.90. The Kier molecular flexibility index (Phi) is 3.76. The predicted molar refractivity (Wildman–Crippen MR) is 93.2 cm³/mol. The van der Waals surface area contributed by atoms with E-state index < -0.39 is 11.6 Å². The van der Waals surface area contributed by atoms with Crippen LogP contribution in [0.2, 0.25) is 0 Å². The van der Waals surface area contributed by atoms with E-state index in [1.807, 2.05) is 18.2 Å². The number of fused-ring (bicyclic) bond motifs is 1. The fourth-order valence-corrected chi connectivity index (χ4v) is 3.93. The van der Waals surface area contributed by atoms with E-state index in [1.165, 1.54) is 16.3 Å². The summed E-state index contributed by atoms with van der Waals surface area (Å²) in [6.45, 7) is 0.612. The fourth-order valence-electron chi connectivity index (χ4n) is 3.93. The molecule has 1 heterocycles. The molecule has 5 nitrogen and oxygen atoms in total. The number of carbonyl (C=O) groups excluding carboxylic acids is 1. The van der Waals surface area contributed by atoms with Gasteiger partial charge in [-0.05, 0) is 28.7 Å². The lowest BCUT2D eigenvalue weighted by Gasteiger charge is -2.35. The van der Waals surface area contributed by atoms with Crippen molar-refractivity contribution in [2.45, 2.75) is 30.8 Å². The molecule has 1 amide bonds. The minimum absolute atomic E-state index is 0.0261. The molecule has 2 atom stereocenters. The van der Waals surface area contributed by atoms with E-state index in [4.69, 9.17) is 5.11 Å². The third kappa shape index (κ3) is 2.78. The molecule has 0 aromatic heterocycles. The first kappa shape index (κ1) is 16.1. The number of hydrogen-bond donors (Lipinski definition) is 2. The Morgan fingerprint density at radius 1 is 1.04 bits per heavy atom. The summed E-state index contributed by atoms with van der Waals surface area (Å²) >= 11 is 0. The lowest BCUT2D eigenvalue weighted by Crippen LogP contribution is -2.51. The van der Waals surface area contributed by atoms with Gasteiger partial charge in [-0.1, -0.05) is 42.5 Å². The van der Waals surface area contributed by atoms with Crippen LogP contribution in [0, 0.1) is 5.92 Å². The Bertz CT molecular complexity index is 833. The van der Waals surface area contributed by atoms with Crippen molar-refractivity contribution in [3.8, 4) is 0 Å². The molecule has 2 unspecified atom stereocenters. The first-order valence-corrected chi connectivity index (χ1v) is 8.72. The second kappa shape index (κ2) is 5.85. The maximum absolute atomic E-state index is 12.8. The van der Waals surface area contributed by atoms with Crippen LogP contribution in [0.4, 0.5) is 0 Å². The molecule has 0 bridgehead atoms. The Hall–Kier alpha value is -2.40. The molecule has 2 aromatic carbocycles. The fraction of sp³-hybridized carbons (Fsp3) is 0.400. The van der Waals surface area contributed by atoms with Crippen LogP contribution in [0.25, 0.3) is 10.8 Å². The summed E-state index contributed by atoms with van der Waals surface area (Å²) in [7, 11) is 0. The van der Waals surface area contributed by atoms with Crippen molar-refractivity contribution in [2.24, 2.45) is 5.92 Å². The van der Waals surface area contributed by atoms with Crippen LogP contribution in [0.15, 0.2) is 42.5 Å². The van der Waals surface area contributed by atoms with Gasteiger partial charge in [-0.2, -0.15) is 0 Å². The van der Waals surface area contributed by atoms with Crippen molar-refractivity contribution < 1.29 is 19.8 Å². The van der Waals surface area contributed by atoms with Crippen LogP contribution in [0.1, 0.15) is 30.7 Å². The van der Waals surface area contributed by atoms with Gasteiger partial charge in [0.1, 0.15) is 0 Å². The van der Waals surface area contributed by atoms with Crippen LogP contribution in [-0.4, -0.2) is 45.7 Å². The number of carbonyl (C=O) groups is 2. The number of piperidine rings is 1. The third-order valence-electron chi connectivity index (χ3n) is 5.63. The first-order valence-electron chi connectivity index (χ1n) is 8.72. The molecule has 2 aromatic rings. The van der Waals surface area contributed by atoms with E-state index in [0.29, 0.717) is 13.1 Å². The van der Waals surface area contributed by atoms with Gasteiger partial charge in [0.2, 0.25) is 5.91 Å². The molecule has 2 fully saturated rings. The number of likely N-dealkylation sites (tertiary alicyclic amines) is 1. The van der Waals surface area contributed by atoms with Crippen LogP contribution < -0.4 is 0 Å². The Balaban J connectivity index is 1.47. The monoisotopic (exact) mass is 339 g/mol. The molecule has 2 aliphatic rings. The average molecular weight is 339 g/mol. The molecule has 130 valence electrons. The van der Waals surface area contributed by atoms with Gasteiger partial charge < -0.3 is 15.1 Å². The summed E-state index contributed by atoms with van der Waals surface area (Å²) in [4.78, 5) is 25.6. The number of carboxylic acids is 1. The van der Waals surface area contributed by atoms with Gasteiger partial charge in [0, 0.05) is 31.8 Å². The van der Waals surface area contributed by atoms with Gasteiger partial charge >= 0.3 is 5.97 Å². The molecular weight excluding hydrogens is 318 g/mol. The normalized spacial score (nSPS) is 24.9. The van der Waals surface area contributed by atoms with E-state index in [-0.39, 0.29) is 30.6 Å². The summed E-state index contributed by atoms with van der Waals surface area (Å²) in [5.41, 5.74) is -0.467. The van der Waals surface area contributed by atoms with E-state index in [2.05, 4.69) is 24.3 Å². The quantitative estimate of drug-likeness (QED) is 0.900. The SMILES string of the molecule is O=C(C1CC1c1cccc2ccccc12)N1CCC(O)(C(=O)O)CC1. The second-order valence-corrected chi connectivity index (χ2v) is 7.18. The molecule has 1 saturated carbocycles. The molecule has 0 radical (unpaired) electrons. The molecule has 1 aliphatic carbocycles. The number of aliphatic hydroxyl groups is 1. The maximum atomic E-state index is 12.8. The van der Waals surface area contributed by atoms with E-state index in [0.717, 1.165) is 6.42 Å². The molecule has 0 spiro atoms. The van der Waals surface area contributed by atoms with Crippen molar-refractivity contribution in [3.63, 3.8) is 0 Å². The summed E-state index contributed by atoms with van der Waals surface area (Å²) in [5, 5.41) is 21.5. The first-order chi connectivity index (χ1) is 12.0. The van der Waals surface area contributed by atoms with Crippen molar-refractivity contribution in [1.82, 2.24) is 4.90 Å². The van der Waals surface area contributed by atoms with Gasteiger partial charge in [-0.3, -0.25) is 4.79 Å². The molecule has 1 saturated heterocycles. The molecule has 25 heavy (non-hydrogen) atoms. The van der Waals surface area contributed by atoms with Crippen LogP contribution >= 0.6 is 0 Å². The summed E-state index contributed by atoms with van der Waals surface area (Å²) in [6, 6.07) is 14.4. The number of hydrogen-bond acceptors (Lipinski definition) is 3. The predicted octanol–water partition coefficient (Wildman–Crippen LogP) is 2.38. The van der Waals surface area contributed by atoms with Gasteiger partial charge in [-0.15, -0.1) is 0 Å². The summed E-state index contributed by atoms with van der Waals surface area (Å²) in [6.07, 6.45) is 1.03. The van der Waals surface area contributed by atoms with E-state index >= 15 is 0 Å². The number of benzene rings is 2. The van der Waals surface area contributed by atoms with E-state index in [9.17, 15) is 14.7 Å². The third-order valence-corrected chi connectivity index (χ3v) is 5.63. The number of aliphatic carboxylic acids is 1.